The lowest BCUT2D eigenvalue weighted by Gasteiger charge is -2.26. The number of nitrogens with zero attached hydrogens (tertiary/aromatic N) is 1. The first-order valence-corrected chi connectivity index (χ1v) is 12.2. The molecule has 1 aliphatic rings. The van der Waals surface area contributed by atoms with Crippen molar-refractivity contribution in [2.24, 2.45) is 0 Å². The summed E-state index contributed by atoms with van der Waals surface area (Å²) in [6.07, 6.45) is 0.906. The third kappa shape index (κ3) is 6.69. The van der Waals surface area contributed by atoms with E-state index in [0.29, 0.717) is 70.4 Å². The van der Waals surface area contributed by atoms with Gasteiger partial charge in [0.05, 0.1) is 31.3 Å². The van der Waals surface area contributed by atoms with E-state index in [1.54, 1.807) is 24.3 Å². The van der Waals surface area contributed by atoms with Gasteiger partial charge in [-0.2, -0.15) is 4.31 Å². The normalized spacial score (nSPS) is 14.7. The van der Waals surface area contributed by atoms with Crippen LogP contribution in [0.4, 0.5) is 0 Å². The van der Waals surface area contributed by atoms with Crippen molar-refractivity contribution in [3.05, 3.63) is 54.1 Å². The number of rotatable bonds is 11. The molecule has 0 bridgehead atoms. The van der Waals surface area contributed by atoms with E-state index in [0.717, 1.165) is 5.56 Å². The summed E-state index contributed by atoms with van der Waals surface area (Å²) in [6.45, 7) is 4.76. The van der Waals surface area contributed by atoms with Gasteiger partial charge in [0.15, 0.2) is 11.5 Å². The molecule has 1 fully saturated rings. The van der Waals surface area contributed by atoms with Crippen LogP contribution in [-0.4, -0.2) is 58.1 Å². The van der Waals surface area contributed by atoms with Crippen molar-refractivity contribution in [2.45, 2.75) is 31.2 Å². The molecule has 3 rings (SSSR count). The van der Waals surface area contributed by atoms with Gasteiger partial charge in [0.25, 0.3) is 0 Å². The van der Waals surface area contributed by atoms with Gasteiger partial charge >= 0.3 is 0 Å². The van der Waals surface area contributed by atoms with E-state index >= 15 is 0 Å². The molecule has 0 spiro atoms. The second-order valence-corrected chi connectivity index (χ2v) is 9.21. The third-order valence-electron chi connectivity index (χ3n) is 4.98. The van der Waals surface area contributed by atoms with Crippen LogP contribution in [0.5, 0.6) is 11.5 Å². The van der Waals surface area contributed by atoms with Crippen molar-refractivity contribution in [1.29, 1.82) is 0 Å². The molecule has 0 radical (unpaired) electrons. The van der Waals surface area contributed by atoms with E-state index in [1.165, 1.54) is 4.31 Å². The van der Waals surface area contributed by atoms with Gasteiger partial charge in [0.2, 0.25) is 15.9 Å². The van der Waals surface area contributed by atoms with E-state index in [2.05, 4.69) is 5.32 Å². The standard InChI is InChI=1S/C23H30N2O6S/c1-2-30-21-6-3-4-7-22(21)31-15-5-8-23(26)24-18-19-9-11-20(12-10-19)32(27,28)25-13-16-29-17-14-25/h3-4,6-7,9-12H,2,5,8,13-18H2,1H3,(H,24,26). The second-order valence-electron chi connectivity index (χ2n) is 7.27. The summed E-state index contributed by atoms with van der Waals surface area (Å²) in [5, 5.41) is 2.86. The van der Waals surface area contributed by atoms with Gasteiger partial charge < -0.3 is 19.5 Å². The number of carbonyl (C=O) groups is 1. The van der Waals surface area contributed by atoms with Crippen LogP contribution < -0.4 is 14.8 Å². The number of carbonyl (C=O) groups excluding carboxylic acids is 1. The lowest BCUT2D eigenvalue weighted by molar-refractivity contribution is -0.121. The first-order valence-electron chi connectivity index (χ1n) is 10.8. The highest BCUT2D eigenvalue weighted by molar-refractivity contribution is 7.89. The van der Waals surface area contributed by atoms with Gasteiger partial charge in [-0.1, -0.05) is 24.3 Å². The summed E-state index contributed by atoms with van der Waals surface area (Å²) in [5.74, 6) is 1.28. The Morgan fingerprint density at radius 3 is 2.34 bits per heavy atom. The Labute approximate surface area is 189 Å². The van der Waals surface area contributed by atoms with Crippen LogP contribution in [0.2, 0.25) is 0 Å². The summed E-state index contributed by atoms with van der Waals surface area (Å²) in [5.41, 5.74) is 0.834. The van der Waals surface area contributed by atoms with Crippen molar-refractivity contribution >= 4 is 15.9 Å². The Morgan fingerprint density at radius 2 is 1.69 bits per heavy atom. The molecule has 1 aliphatic heterocycles. The zero-order valence-electron chi connectivity index (χ0n) is 18.3. The minimum atomic E-state index is -3.51. The largest absolute Gasteiger partial charge is 0.490 e. The molecule has 8 nitrogen and oxygen atoms in total. The summed E-state index contributed by atoms with van der Waals surface area (Å²) in [4.78, 5) is 12.4. The molecule has 0 aromatic heterocycles. The van der Waals surface area contributed by atoms with Crippen LogP contribution in [0.1, 0.15) is 25.3 Å². The average molecular weight is 463 g/mol. The van der Waals surface area contributed by atoms with Crippen LogP contribution in [0.25, 0.3) is 0 Å². The molecule has 174 valence electrons. The molecule has 2 aromatic rings. The molecular weight excluding hydrogens is 432 g/mol. The average Bonchev–Trinajstić information content (AvgIpc) is 2.82. The fourth-order valence-corrected chi connectivity index (χ4v) is 4.67. The van der Waals surface area contributed by atoms with Gasteiger partial charge in [0, 0.05) is 26.1 Å². The number of hydrogen-bond donors (Lipinski definition) is 1. The monoisotopic (exact) mass is 462 g/mol. The molecule has 0 aliphatic carbocycles. The number of ether oxygens (including phenoxy) is 3. The Hall–Kier alpha value is -2.62. The van der Waals surface area contributed by atoms with Crippen LogP contribution >= 0.6 is 0 Å². The Bertz CT molecular complexity index is 972. The Balaban J connectivity index is 1.40. The van der Waals surface area contributed by atoms with E-state index in [9.17, 15) is 13.2 Å². The Morgan fingerprint density at radius 1 is 1.03 bits per heavy atom. The minimum Gasteiger partial charge on any atom is -0.490 e. The molecule has 9 heteroatoms. The first kappa shape index (κ1) is 24.0. The number of para-hydroxylation sites is 2. The predicted molar refractivity (Wildman–Crippen MR) is 120 cm³/mol. The molecule has 1 amide bonds. The first-order chi connectivity index (χ1) is 15.5. The number of benzene rings is 2. The zero-order chi connectivity index (χ0) is 22.8. The number of nitrogens with one attached hydrogen (secondary N) is 1. The molecule has 1 heterocycles. The number of amides is 1. The number of morpholine rings is 1. The van der Waals surface area contributed by atoms with Crippen molar-refractivity contribution < 1.29 is 27.4 Å². The molecule has 0 atom stereocenters. The van der Waals surface area contributed by atoms with Gasteiger partial charge in [-0.25, -0.2) is 8.42 Å². The van der Waals surface area contributed by atoms with Gasteiger partial charge in [-0.15, -0.1) is 0 Å². The molecule has 1 saturated heterocycles. The molecule has 2 aromatic carbocycles. The molecule has 32 heavy (non-hydrogen) atoms. The van der Waals surface area contributed by atoms with E-state index in [4.69, 9.17) is 14.2 Å². The topological polar surface area (TPSA) is 94.2 Å². The molecule has 1 N–H and O–H groups in total. The van der Waals surface area contributed by atoms with Gasteiger partial charge in [-0.3, -0.25) is 4.79 Å². The second kappa shape index (κ2) is 11.8. The molecule has 0 saturated carbocycles. The van der Waals surface area contributed by atoms with Crippen LogP contribution in [0.15, 0.2) is 53.4 Å². The van der Waals surface area contributed by atoms with Gasteiger partial charge in [-0.05, 0) is 43.2 Å². The van der Waals surface area contributed by atoms with Crippen LogP contribution in [0, 0.1) is 0 Å². The summed E-state index contributed by atoms with van der Waals surface area (Å²) in [7, 11) is -3.51. The smallest absolute Gasteiger partial charge is 0.243 e. The van der Waals surface area contributed by atoms with Crippen LogP contribution in [0.3, 0.4) is 0 Å². The quantitative estimate of drug-likeness (QED) is 0.516. The van der Waals surface area contributed by atoms with Crippen molar-refractivity contribution in [3.63, 3.8) is 0 Å². The maximum Gasteiger partial charge on any atom is 0.243 e. The SMILES string of the molecule is CCOc1ccccc1OCCCC(=O)NCc1ccc(S(=O)(=O)N2CCOCC2)cc1. The minimum absolute atomic E-state index is 0.0864. The van der Waals surface area contributed by atoms with Crippen molar-refractivity contribution in [2.75, 3.05) is 39.5 Å². The van der Waals surface area contributed by atoms with Gasteiger partial charge in [0.1, 0.15) is 0 Å². The predicted octanol–water partition coefficient (Wildman–Crippen LogP) is 2.58. The fourth-order valence-electron chi connectivity index (χ4n) is 3.26. The van der Waals surface area contributed by atoms with Crippen molar-refractivity contribution in [3.8, 4) is 11.5 Å². The number of sulfonamides is 1. The summed E-state index contributed by atoms with van der Waals surface area (Å²) >= 11 is 0. The highest BCUT2D eigenvalue weighted by atomic mass is 32.2. The zero-order valence-corrected chi connectivity index (χ0v) is 19.1. The third-order valence-corrected chi connectivity index (χ3v) is 6.89. The highest BCUT2D eigenvalue weighted by Crippen LogP contribution is 2.26. The number of hydrogen-bond acceptors (Lipinski definition) is 6. The van der Waals surface area contributed by atoms with E-state index in [1.807, 2.05) is 31.2 Å². The van der Waals surface area contributed by atoms with Crippen LogP contribution in [-0.2, 0) is 26.1 Å². The Kier molecular flexibility index (Phi) is 8.90. The lowest BCUT2D eigenvalue weighted by Crippen LogP contribution is -2.40. The molecule has 0 unspecified atom stereocenters. The highest BCUT2D eigenvalue weighted by Gasteiger charge is 2.26. The van der Waals surface area contributed by atoms with E-state index in [-0.39, 0.29) is 10.8 Å². The lowest BCUT2D eigenvalue weighted by atomic mass is 10.2. The molecular formula is C23H30N2O6S. The maximum atomic E-state index is 12.7. The maximum absolute atomic E-state index is 12.7. The summed E-state index contributed by atoms with van der Waals surface area (Å²) in [6, 6.07) is 14.1. The fraction of sp³-hybridized carbons (Fsp3) is 0.435. The van der Waals surface area contributed by atoms with Crippen molar-refractivity contribution in [1.82, 2.24) is 9.62 Å². The van der Waals surface area contributed by atoms with E-state index < -0.39 is 10.0 Å². The summed E-state index contributed by atoms with van der Waals surface area (Å²) < 4.78 is 43.2.